The molecule has 0 atom stereocenters. The minimum Gasteiger partial charge on any atom is -0.507 e. The maximum absolute atomic E-state index is 11.9. The Kier molecular flexibility index (Phi) is 4.31. The molecule has 0 saturated heterocycles. The number of Topliss-reactive ketones (excluding diaryl/α,β-unsaturated/α-hetero) is 1. The Bertz CT molecular complexity index is 833. The van der Waals surface area contributed by atoms with Crippen molar-refractivity contribution in [1.82, 2.24) is 0 Å². The molecule has 0 fully saturated rings. The van der Waals surface area contributed by atoms with Crippen molar-refractivity contribution in [1.29, 1.82) is 0 Å². The highest BCUT2D eigenvalue weighted by Crippen LogP contribution is 2.41. The molecule has 2 aromatic rings. The van der Waals surface area contributed by atoms with Crippen molar-refractivity contribution >= 4 is 5.78 Å². The second-order valence-corrected chi connectivity index (χ2v) is 5.05. The van der Waals surface area contributed by atoms with Crippen molar-refractivity contribution in [3.8, 4) is 23.0 Å². The van der Waals surface area contributed by atoms with Crippen LogP contribution in [0.4, 0.5) is 0 Å². The van der Waals surface area contributed by atoms with E-state index < -0.39 is 22.9 Å². The number of phenols is 2. The van der Waals surface area contributed by atoms with E-state index in [-0.39, 0.29) is 40.4 Å². The van der Waals surface area contributed by atoms with E-state index in [1.165, 1.54) is 33.1 Å². The number of carbonyl (C=O) groups is 1. The Balaban J connectivity index is 2.67. The molecular formula is C16H16O7. The van der Waals surface area contributed by atoms with Crippen LogP contribution in [0.3, 0.4) is 0 Å². The lowest BCUT2D eigenvalue weighted by atomic mass is 9.96. The second-order valence-electron chi connectivity index (χ2n) is 5.05. The Morgan fingerprint density at radius 2 is 1.87 bits per heavy atom. The molecule has 0 saturated carbocycles. The van der Waals surface area contributed by atoms with Crippen LogP contribution in [-0.2, 0) is 6.42 Å². The Morgan fingerprint density at radius 3 is 2.39 bits per heavy atom. The lowest BCUT2D eigenvalue weighted by molar-refractivity contribution is 0.101. The predicted molar refractivity (Wildman–Crippen MR) is 80.5 cm³/mol. The third-order valence-corrected chi connectivity index (χ3v) is 3.41. The summed E-state index contributed by atoms with van der Waals surface area (Å²) in [7, 11) is 1.28. The number of rotatable bonds is 4. The molecule has 0 unspecified atom stereocenters. The van der Waals surface area contributed by atoms with Gasteiger partial charge in [-0.2, -0.15) is 0 Å². The Labute approximate surface area is 131 Å². The van der Waals surface area contributed by atoms with Crippen molar-refractivity contribution in [2.45, 2.75) is 20.3 Å². The van der Waals surface area contributed by atoms with Crippen LogP contribution < -0.4 is 10.4 Å². The van der Waals surface area contributed by atoms with Crippen LogP contribution in [0.25, 0.3) is 0 Å². The van der Waals surface area contributed by atoms with E-state index in [1.54, 1.807) is 0 Å². The molecule has 0 radical (unpaired) electrons. The van der Waals surface area contributed by atoms with Crippen LogP contribution in [0.5, 0.6) is 23.0 Å². The Morgan fingerprint density at radius 1 is 1.22 bits per heavy atom. The lowest BCUT2D eigenvalue weighted by Crippen LogP contribution is -2.11. The molecule has 3 N–H and O–H groups in total. The van der Waals surface area contributed by atoms with Crippen LogP contribution in [-0.4, -0.2) is 28.2 Å². The van der Waals surface area contributed by atoms with Crippen LogP contribution >= 0.6 is 0 Å². The van der Waals surface area contributed by atoms with Crippen LogP contribution in [0, 0.1) is 6.92 Å². The summed E-state index contributed by atoms with van der Waals surface area (Å²) in [5.41, 5.74) is -0.743. The zero-order valence-corrected chi connectivity index (χ0v) is 12.8. The van der Waals surface area contributed by atoms with Gasteiger partial charge in [0.15, 0.2) is 17.3 Å². The molecule has 2 rings (SSSR count). The van der Waals surface area contributed by atoms with E-state index in [0.717, 1.165) is 0 Å². The number of hydrogen-bond donors (Lipinski definition) is 3. The smallest absolute Gasteiger partial charge is 0.343 e. The predicted octanol–water partition coefficient (Wildman–Crippen LogP) is 1.87. The van der Waals surface area contributed by atoms with Crippen LogP contribution in [0.1, 0.15) is 34.2 Å². The van der Waals surface area contributed by atoms with Crippen LogP contribution in [0.15, 0.2) is 21.3 Å². The molecule has 7 nitrogen and oxygen atoms in total. The van der Waals surface area contributed by atoms with E-state index >= 15 is 0 Å². The summed E-state index contributed by atoms with van der Waals surface area (Å²) in [6.45, 7) is 2.73. The number of carbonyl (C=O) groups excluding carboxylic acids is 1. The average molecular weight is 320 g/mol. The molecule has 0 aliphatic carbocycles. The third-order valence-electron chi connectivity index (χ3n) is 3.41. The molecule has 1 heterocycles. The molecule has 1 aromatic heterocycles. The quantitative estimate of drug-likeness (QED) is 0.581. The fraction of sp³-hybridized carbons (Fsp3) is 0.250. The van der Waals surface area contributed by atoms with Gasteiger partial charge in [0.1, 0.15) is 11.5 Å². The molecule has 0 spiro atoms. The maximum atomic E-state index is 11.9. The molecule has 1 aromatic carbocycles. The van der Waals surface area contributed by atoms with E-state index in [4.69, 9.17) is 9.15 Å². The summed E-state index contributed by atoms with van der Waals surface area (Å²) in [5, 5.41) is 29.7. The van der Waals surface area contributed by atoms with Crippen LogP contribution in [0.2, 0.25) is 0 Å². The number of aryl methyl sites for hydroxylation is 1. The minimum atomic E-state index is -0.747. The van der Waals surface area contributed by atoms with Gasteiger partial charge in [-0.05, 0) is 25.5 Å². The summed E-state index contributed by atoms with van der Waals surface area (Å²) in [6.07, 6.45) is -0.173. The summed E-state index contributed by atoms with van der Waals surface area (Å²) in [5.74, 6) is -1.80. The number of hydrogen-bond acceptors (Lipinski definition) is 7. The van der Waals surface area contributed by atoms with Crippen molar-refractivity contribution in [3.63, 3.8) is 0 Å². The average Bonchev–Trinajstić information content (AvgIpc) is 2.45. The number of benzene rings is 1. The van der Waals surface area contributed by atoms with Gasteiger partial charge in [-0.15, -0.1) is 0 Å². The van der Waals surface area contributed by atoms with Crippen molar-refractivity contribution in [3.05, 3.63) is 45.0 Å². The maximum Gasteiger partial charge on any atom is 0.343 e. The van der Waals surface area contributed by atoms with Gasteiger partial charge in [0.25, 0.3) is 0 Å². The first kappa shape index (κ1) is 16.4. The highest BCUT2D eigenvalue weighted by molar-refractivity contribution is 5.99. The van der Waals surface area contributed by atoms with E-state index in [2.05, 4.69) is 0 Å². The van der Waals surface area contributed by atoms with Gasteiger partial charge in [0, 0.05) is 12.5 Å². The van der Waals surface area contributed by atoms with Gasteiger partial charge in [0.2, 0.25) is 5.75 Å². The number of aromatic hydroxyl groups is 3. The van der Waals surface area contributed by atoms with Crippen molar-refractivity contribution in [2.24, 2.45) is 0 Å². The summed E-state index contributed by atoms with van der Waals surface area (Å²) in [6, 6.07) is 2.60. The summed E-state index contributed by atoms with van der Waals surface area (Å²) < 4.78 is 9.86. The topological polar surface area (TPSA) is 117 Å². The summed E-state index contributed by atoms with van der Waals surface area (Å²) in [4.78, 5) is 23.7. The second kappa shape index (κ2) is 6.04. The fourth-order valence-electron chi connectivity index (χ4n) is 2.35. The normalized spacial score (nSPS) is 10.6. The van der Waals surface area contributed by atoms with Gasteiger partial charge in [-0.3, -0.25) is 4.79 Å². The molecular weight excluding hydrogens is 304 g/mol. The molecule has 0 aliphatic rings. The molecule has 0 bridgehead atoms. The Hall–Kier alpha value is -2.96. The third kappa shape index (κ3) is 2.98. The number of ketones is 1. The number of phenolic OH excluding ortho intramolecular Hbond substituents is 2. The van der Waals surface area contributed by atoms with Gasteiger partial charge in [0.05, 0.1) is 18.2 Å². The first-order valence-corrected chi connectivity index (χ1v) is 6.71. The van der Waals surface area contributed by atoms with E-state index in [1.807, 2.05) is 0 Å². The highest BCUT2D eigenvalue weighted by atomic mass is 16.5. The fourth-order valence-corrected chi connectivity index (χ4v) is 2.35. The molecule has 0 aliphatic heterocycles. The summed E-state index contributed by atoms with van der Waals surface area (Å²) >= 11 is 0. The number of methoxy groups -OCH3 is 1. The largest absolute Gasteiger partial charge is 0.507 e. The first-order chi connectivity index (χ1) is 10.8. The zero-order chi connectivity index (χ0) is 17.3. The van der Waals surface area contributed by atoms with Gasteiger partial charge >= 0.3 is 5.63 Å². The van der Waals surface area contributed by atoms with Gasteiger partial charge in [-0.25, -0.2) is 4.79 Å². The SMILES string of the molecule is COc1cc(Cc2c(O)cc(C)oc2=O)c(C(C)=O)c(O)c1O. The zero-order valence-electron chi connectivity index (χ0n) is 12.8. The molecule has 122 valence electrons. The minimum absolute atomic E-state index is 0.0570. The molecule has 23 heavy (non-hydrogen) atoms. The van der Waals surface area contributed by atoms with Crippen molar-refractivity contribution in [2.75, 3.05) is 7.11 Å². The number of ether oxygens (including phenoxy) is 1. The first-order valence-electron chi connectivity index (χ1n) is 6.71. The van der Waals surface area contributed by atoms with E-state index in [0.29, 0.717) is 0 Å². The highest BCUT2D eigenvalue weighted by Gasteiger charge is 2.23. The lowest BCUT2D eigenvalue weighted by Gasteiger charge is -2.14. The van der Waals surface area contributed by atoms with Gasteiger partial charge in [-0.1, -0.05) is 0 Å². The van der Waals surface area contributed by atoms with Gasteiger partial charge < -0.3 is 24.5 Å². The van der Waals surface area contributed by atoms with E-state index in [9.17, 15) is 24.9 Å². The standard InChI is InChI=1S/C16H16O7/c1-7-4-11(18)10(16(21)23-7)5-9-6-12(22-3)14(19)15(20)13(9)8(2)17/h4,6,18-20H,5H2,1-3H3. The van der Waals surface area contributed by atoms with Crippen molar-refractivity contribution < 1.29 is 29.3 Å². The molecule has 0 amide bonds. The molecule has 7 heteroatoms. The monoisotopic (exact) mass is 320 g/mol.